The van der Waals surface area contributed by atoms with Crippen LogP contribution in [0.5, 0.6) is 0 Å². The zero-order chi connectivity index (χ0) is 12.0. The van der Waals surface area contributed by atoms with E-state index >= 15 is 0 Å². The smallest absolute Gasteiger partial charge is 0.226 e. The van der Waals surface area contributed by atoms with Crippen molar-refractivity contribution in [1.82, 2.24) is 4.90 Å². The number of methoxy groups -OCH3 is 1. The minimum atomic E-state index is -0.0796. The van der Waals surface area contributed by atoms with Gasteiger partial charge in [0.2, 0.25) is 5.91 Å². The first-order valence-electron chi connectivity index (χ1n) is 6.58. The summed E-state index contributed by atoms with van der Waals surface area (Å²) in [4.78, 5) is 14.0. The zero-order valence-corrected chi connectivity index (χ0v) is 10.6. The monoisotopic (exact) mass is 239 g/mol. The van der Waals surface area contributed by atoms with E-state index in [-0.39, 0.29) is 5.60 Å². The number of hydrogen-bond acceptors (Lipinski definition) is 3. The van der Waals surface area contributed by atoms with E-state index < -0.39 is 0 Å². The van der Waals surface area contributed by atoms with Gasteiger partial charge >= 0.3 is 0 Å². The summed E-state index contributed by atoms with van der Waals surface area (Å²) < 4.78 is 11.1. The molecule has 0 unspecified atom stereocenters. The van der Waals surface area contributed by atoms with E-state index in [2.05, 4.69) is 6.92 Å². The van der Waals surface area contributed by atoms with Crippen LogP contribution in [0.3, 0.4) is 0 Å². The Kier molecular flexibility index (Phi) is 2.67. The summed E-state index contributed by atoms with van der Waals surface area (Å²) >= 11 is 0. The highest BCUT2D eigenvalue weighted by Gasteiger charge is 2.56. The molecule has 1 amide bonds. The predicted molar refractivity (Wildman–Crippen MR) is 62.5 cm³/mol. The van der Waals surface area contributed by atoms with Crippen LogP contribution >= 0.6 is 0 Å². The summed E-state index contributed by atoms with van der Waals surface area (Å²) in [5.41, 5.74) is -0.0796. The van der Waals surface area contributed by atoms with Crippen molar-refractivity contribution in [3.8, 4) is 0 Å². The van der Waals surface area contributed by atoms with Crippen LogP contribution in [-0.2, 0) is 14.3 Å². The Morgan fingerprint density at radius 3 is 2.82 bits per heavy atom. The number of carbonyl (C=O) groups excluding carboxylic acids is 1. The highest BCUT2D eigenvalue weighted by atomic mass is 16.5. The lowest BCUT2D eigenvalue weighted by atomic mass is 9.81. The first-order chi connectivity index (χ1) is 8.16. The Hall–Kier alpha value is -0.610. The van der Waals surface area contributed by atoms with Gasteiger partial charge in [-0.1, -0.05) is 6.92 Å². The van der Waals surface area contributed by atoms with Crippen molar-refractivity contribution in [1.29, 1.82) is 0 Å². The number of amides is 1. The summed E-state index contributed by atoms with van der Waals surface area (Å²) in [6.07, 6.45) is 2.14. The molecule has 96 valence electrons. The average Bonchev–Trinajstić information content (AvgIpc) is 2.83. The average molecular weight is 239 g/mol. The van der Waals surface area contributed by atoms with Crippen molar-refractivity contribution in [2.45, 2.75) is 25.4 Å². The minimum absolute atomic E-state index is 0.0796. The van der Waals surface area contributed by atoms with Crippen LogP contribution in [0, 0.1) is 17.8 Å². The van der Waals surface area contributed by atoms with Gasteiger partial charge in [-0.3, -0.25) is 4.79 Å². The molecule has 4 nitrogen and oxygen atoms in total. The van der Waals surface area contributed by atoms with E-state index in [4.69, 9.17) is 9.47 Å². The molecule has 2 heterocycles. The fourth-order valence-electron chi connectivity index (χ4n) is 3.23. The van der Waals surface area contributed by atoms with Gasteiger partial charge in [0, 0.05) is 25.6 Å². The molecule has 0 radical (unpaired) electrons. The molecule has 17 heavy (non-hydrogen) atoms. The van der Waals surface area contributed by atoms with Crippen molar-refractivity contribution in [2.24, 2.45) is 17.8 Å². The van der Waals surface area contributed by atoms with Crippen molar-refractivity contribution in [2.75, 3.05) is 33.4 Å². The van der Waals surface area contributed by atoms with Gasteiger partial charge in [-0.2, -0.15) is 0 Å². The molecule has 2 aliphatic heterocycles. The third-order valence-corrected chi connectivity index (χ3v) is 4.62. The Labute approximate surface area is 102 Å². The zero-order valence-electron chi connectivity index (χ0n) is 10.6. The second-order valence-corrected chi connectivity index (χ2v) is 5.87. The van der Waals surface area contributed by atoms with Crippen LogP contribution in [0.4, 0.5) is 0 Å². The lowest BCUT2D eigenvalue weighted by Crippen LogP contribution is -2.67. The number of rotatable bonds is 3. The third kappa shape index (κ3) is 1.78. The predicted octanol–water partition coefficient (Wildman–Crippen LogP) is 0.906. The van der Waals surface area contributed by atoms with Crippen LogP contribution in [0.1, 0.15) is 19.8 Å². The quantitative estimate of drug-likeness (QED) is 0.734. The standard InChI is InChI=1S/C13H21NO3/c1-9-5-11(9)12(15)14-7-13(8-14)10(6-16-2)3-4-17-13/h9-11H,3-8H2,1-2H3/t9-,10-,11-/m0/s1. The van der Waals surface area contributed by atoms with Gasteiger partial charge < -0.3 is 14.4 Å². The SMILES string of the molecule is COC[C@@H]1CCOC12CN(C(=O)[C@H]1C[C@@H]1C)C2. The number of carbonyl (C=O) groups is 1. The Balaban J connectivity index is 1.57. The van der Waals surface area contributed by atoms with Crippen LogP contribution in [0.2, 0.25) is 0 Å². The molecule has 3 aliphatic rings. The number of hydrogen-bond donors (Lipinski definition) is 0. The van der Waals surface area contributed by atoms with Gasteiger partial charge in [0.1, 0.15) is 5.60 Å². The molecule has 4 heteroatoms. The molecule has 0 aromatic rings. The van der Waals surface area contributed by atoms with E-state index in [1.807, 2.05) is 4.90 Å². The van der Waals surface area contributed by atoms with E-state index in [0.717, 1.165) is 39.1 Å². The maximum Gasteiger partial charge on any atom is 0.226 e. The summed E-state index contributed by atoms with van der Waals surface area (Å²) in [7, 11) is 1.74. The Bertz CT molecular complexity index is 325. The fourth-order valence-corrected chi connectivity index (χ4v) is 3.23. The fraction of sp³-hybridized carbons (Fsp3) is 0.923. The normalized spacial score (nSPS) is 38.2. The highest BCUT2D eigenvalue weighted by Crippen LogP contribution is 2.45. The number of ether oxygens (including phenoxy) is 2. The van der Waals surface area contributed by atoms with Crippen LogP contribution in [0.25, 0.3) is 0 Å². The molecule has 3 fully saturated rings. The van der Waals surface area contributed by atoms with Crippen LogP contribution in [0.15, 0.2) is 0 Å². The van der Waals surface area contributed by atoms with E-state index in [1.165, 1.54) is 0 Å². The van der Waals surface area contributed by atoms with Crippen molar-refractivity contribution in [3.63, 3.8) is 0 Å². The van der Waals surface area contributed by atoms with Gasteiger partial charge in [0.15, 0.2) is 0 Å². The van der Waals surface area contributed by atoms with Crippen molar-refractivity contribution < 1.29 is 14.3 Å². The molecule has 0 aromatic carbocycles. The maximum atomic E-state index is 12.0. The van der Waals surface area contributed by atoms with Gasteiger partial charge in [0.25, 0.3) is 0 Å². The molecular formula is C13H21NO3. The van der Waals surface area contributed by atoms with Gasteiger partial charge in [0.05, 0.1) is 19.7 Å². The summed E-state index contributed by atoms with van der Waals surface area (Å²) in [5.74, 6) is 1.70. The number of nitrogens with zero attached hydrogens (tertiary/aromatic N) is 1. The Morgan fingerprint density at radius 2 is 2.24 bits per heavy atom. The lowest BCUT2D eigenvalue weighted by Gasteiger charge is -2.50. The summed E-state index contributed by atoms with van der Waals surface area (Å²) in [5, 5.41) is 0. The Morgan fingerprint density at radius 1 is 1.53 bits per heavy atom. The molecular weight excluding hydrogens is 218 g/mol. The molecule has 0 bridgehead atoms. The molecule has 1 saturated carbocycles. The van der Waals surface area contributed by atoms with Gasteiger partial charge in [-0.15, -0.1) is 0 Å². The molecule has 1 aliphatic carbocycles. The largest absolute Gasteiger partial charge is 0.384 e. The third-order valence-electron chi connectivity index (χ3n) is 4.62. The van der Waals surface area contributed by atoms with Crippen molar-refractivity contribution >= 4 is 5.91 Å². The molecule has 3 atom stereocenters. The molecule has 3 rings (SSSR count). The minimum Gasteiger partial charge on any atom is -0.384 e. The lowest BCUT2D eigenvalue weighted by molar-refractivity contribution is -0.169. The first kappa shape index (κ1) is 11.5. The van der Waals surface area contributed by atoms with Crippen molar-refractivity contribution in [3.05, 3.63) is 0 Å². The number of likely N-dealkylation sites (tertiary alicyclic amines) is 1. The van der Waals surface area contributed by atoms with Crippen LogP contribution < -0.4 is 0 Å². The van der Waals surface area contributed by atoms with Gasteiger partial charge in [-0.05, 0) is 18.8 Å². The molecule has 2 saturated heterocycles. The summed E-state index contributed by atoms with van der Waals surface area (Å²) in [6.45, 7) is 5.28. The van der Waals surface area contributed by atoms with E-state index in [0.29, 0.717) is 23.7 Å². The second kappa shape index (κ2) is 3.95. The van der Waals surface area contributed by atoms with E-state index in [9.17, 15) is 4.79 Å². The molecule has 1 spiro atoms. The molecule has 0 N–H and O–H groups in total. The topological polar surface area (TPSA) is 38.8 Å². The molecule has 0 aromatic heterocycles. The first-order valence-corrected chi connectivity index (χ1v) is 6.58. The van der Waals surface area contributed by atoms with E-state index in [1.54, 1.807) is 7.11 Å². The van der Waals surface area contributed by atoms with Crippen LogP contribution in [-0.4, -0.2) is 49.8 Å². The summed E-state index contributed by atoms with van der Waals surface area (Å²) in [6, 6.07) is 0. The second-order valence-electron chi connectivity index (χ2n) is 5.87. The van der Waals surface area contributed by atoms with Gasteiger partial charge in [-0.25, -0.2) is 0 Å². The maximum absolute atomic E-state index is 12.0. The highest BCUT2D eigenvalue weighted by molar-refractivity contribution is 5.82.